The molecule has 4 rings (SSSR count). The van der Waals surface area contributed by atoms with Crippen molar-refractivity contribution in [2.75, 3.05) is 57.4 Å². The molecule has 0 aromatic heterocycles. The average Bonchev–Trinajstić information content (AvgIpc) is 3.33. The minimum atomic E-state index is -0.429. The van der Waals surface area contributed by atoms with Gasteiger partial charge in [0.1, 0.15) is 5.69 Å². The van der Waals surface area contributed by atoms with Crippen LogP contribution in [0.4, 0.5) is 11.4 Å². The Labute approximate surface area is 175 Å². The van der Waals surface area contributed by atoms with E-state index in [1.54, 1.807) is 17.0 Å². The van der Waals surface area contributed by atoms with E-state index in [0.717, 1.165) is 25.7 Å². The van der Waals surface area contributed by atoms with Gasteiger partial charge in [-0.25, -0.2) is 0 Å². The average molecular weight is 416 g/mol. The first-order valence-corrected chi connectivity index (χ1v) is 10.7. The van der Waals surface area contributed by atoms with Gasteiger partial charge in [-0.1, -0.05) is 12.8 Å². The van der Waals surface area contributed by atoms with Gasteiger partial charge in [0.25, 0.3) is 11.6 Å². The molecule has 1 saturated carbocycles. The molecule has 0 N–H and O–H groups in total. The van der Waals surface area contributed by atoms with Crippen molar-refractivity contribution in [3.63, 3.8) is 0 Å². The molecule has 2 saturated heterocycles. The second-order valence-electron chi connectivity index (χ2n) is 8.16. The first-order valence-electron chi connectivity index (χ1n) is 10.7. The van der Waals surface area contributed by atoms with Crippen LogP contribution in [-0.2, 0) is 9.53 Å². The van der Waals surface area contributed by atoms with Gasteiger partial charge in [0.2, 0.25) is 5.91 Å². The molecule has 0 spiro atoms. The van der Waals surface area contributed by atoms with E-state index in [1.165, 1.54) is 6.07 Å². The third-order valence-corrected chi connectivity index (χ3v) is 6.35. The summed E-state index contributed by atoms with van der Waals surface area (Å²) < 4.78 is 5.27. The van der Waals surface area contributed by atoms with Gasteiger partial charge < -0.3 is 19.4 Å². The summed E-state index contributed by atoms with van der Waals surface area (Å²) in [6.45, 7) is 4.19. The summed E-state index contributed by atoms with van der Waals surface area (Å²) in [5.41, 5.74) is 0.763. The number of nitrogens with zero attached hydrogens (tertiary/aromatic N) is 4. The zero-order valence-electron chi connectivity index (χ0n) is 17.1. The molecular weight excluding hydrogens is 388 g/mol. The fourth-order valence-corrected chi connectivity index (χ4v) is 4.62. The summed E-state index contributed by atoms with van der Waals surface area (Å²) in [6, 6.07) is 4.71. The van der Waals surface area contributed by atoms with Crippen LogP contribution in [0.2, 0.25) is 0 Å². The summed E-state index contributed by atoms with van der Waals surface area (Å²) in [5.74, 6) is 0.171. The van der Waals surface area contributed by atoms with Gasteiger partial charge in [-0.15, -0.1) is 0 Å². The summed E-state index contributed by atoms with van der Waals surface area (Å²) >= 11 is 0. The lowest BCUT2D eigenvalue weighted by Gasteiger charge is -2.37. The summed E-state index contributed by atoms with van der Waals surface area (Å²) in [5, 5.41) is 11.7. The third-order valence-electron chi connectivity index (χ3n) is 6.35. The first kappa shape index (κ1) is 20.6. The highest BCUT2D eigenvalue weighted by molar-refractivity contribution is 5.96. The van der Waals surface area contributed by atoms with E-state index < -0.39 is 4.92 Å². The van der Waals surface area contributed by atoms with Crippen molar-refractivity contribution in [3.8, 4) is 0 Å². The Bertz CT molecular complexity index is 810. The standard InChI is InChI=1S/C21H28N4O5/c26-20(16-3-1-2-4-16)23-9-7-22(8-10-23)18-6-5-17(15-19(18)25(28)29)21(27)24-11-13-30-14-12-24/h5-6,15-16H,1-4,7-14H2. The summed E-state index contributed by atoms with van der Waals surface area (Å²) in [7, 11) is 0. The largest absolute Gasteiger partial charge is 0.378 e. The van der Waals surface area contributed by atoms with Crippen molar-refractivity contribution in [1.82, 2.24) is 9.80 Å². The molecule has 1 aromatic carbocycles. The van der Waals surface area contributed by atoms with Crippen molar-refractivity contribution in [2.45, 2.75) is 25.7 Å². The predicted octanol–water partition coefficient (Wildman–Crippen LogP) is 1.91. The van der Waals surface area contributed by atoms with Gasteiger partial charge in [-0.3, -0.25) is 19.7 Å². The number of carbonyl (C=O) groups is 2. The Morgan fingerprint density at radius 1 is 0.967 bits per heavy atom. The number of nitro benzene ring substituents is 1. The topological polar surface area (TPSA) is 96.2 Å². The van der Waals surface area contributed by atoms with Crippen LogP contribution in [0.3, 0.4) is 0 Å². The number of anilines is 1. The Kier molecular flexibility index (Phi) is 6.17. The smallest absolute Gasteiger partial charge is 0.293 e. The second-order valence-corrected chi connectivity index (χ2v) is 8.16. The molecular formula is C21H28N4O5. The molecule has 0 atom stereocenters. The molecule has 162 valence electrons. The quantitative estimate of drug-likeness (QED) is 0.550. The highest BCUT2D eigenvalue weighted by Gasteiger charge is 2.31. The van der Waals surface area contributed by atoms with Crippen molar-refractivity contribution >= 4 is 23.2 Å². The van der Waals surface area contributed by atoms with Crippen LogP contribution in [0.15, 0.2) is 18.2 Å². The fourth-order valence-electron chi connectivity index (χ4n) is 4.62. The van der Waals surface area contributed by atoms with E-state index in [9.17, 15) is 19.7 Å². The van der Waals surface area contributed by atoms with Crippen LogP contribution in [0.1, 0.15) is 36.0 Å². The maximum absolute atomic E-state index is 12.7. The van der Waals surface area contributed by atoms with E-state index in [0.29, 0.717) is 63.7 Å². The highest BCUT2D eigenvalue weighted by atomic mass is 16.6. The highest BCUT2D eigenvalue weighted by Crippen LogP contribution is 2.32. The van der Waals surface area contributed by atoms with Gasteiger partial charge in [0.05, 0.1) is 18.1 Å². The Morgan fingerprint density at radius 3 is 2.27 bits per heavy atom. The molecule has 9 heteroatoms. The molecule has 9 nitrogen and oxygen atoms in total. The molecule has 0 bridgehead atoms. The number of ether oxygens (including phenoxy) is 1. The van der Waals surface area contributed by atoms with E-state index in [4.69, 9.17) is 4.74 Å². The zero-order valence-corrected chi connectivity index (χ0v) is 17.1. The summed E-state index contributed by atoms with van der Waals surface area (Å²) in [6.07, 6.45) is 4.20. The molecule has 1 aliphatic carbocycles. The van der Waals surface area contributed by atoms with Crippen LogP contribution in [0.5, 0.6) is 0 Å². The van der Waals surface area contributed by atoms with Crippen LogP contribution in [-0.4, -0.2) is 79.0 Å². The lowest BCUT2D eigenvalue weighted by molar-refractivity contribution is -0.384. The minimum absolute atomic E-state index is 0.0651. The van der Waals surface area contributed by atoms with Gasteiger partial charge in [0.15, 0.2) is 0 Å². The van der Waals surface area contributed by atoms with E-state index in [-0.39, 0.29) is 23.4 Å². The predicted molar refractivity (Wildman–Crippen MR) is 111 cm³/mol. The number of rotatable bonds is 4. The number of hydrogen-bond donors (Lipinski definition) is 0. The SMILES string of the molecule is O=C(c1ccc(N2CCN(C(=O)C3CCCC3)CC2)c([N+](=O)[O-])c1)N1CCOCC1. The first-order chi connectivity index (χ1) is 14.5. The third kappa shape index (κ3) is 4.26. The van der Waals surface area contributed by atoms with Crippen LogP contribution < -0.4 is 4.90 Å². The number of carbonyl (C=O) groups excluding carboxylic acids is 2. The summed E-state index contributed by atoms with van der Waals surface area (Å²) in [4.78, 5) is 42.1. The molecule has 0 unspecified atom stereocenters. The second kappa shape index (κ2) is 8.99. The van der Waals surface area contributed by atoms with Crippen molar-refractivity contribution in [2.24, 2.45) is 5.92 Å². The maximum Gasteiger partial charge on any atom is 0.293 e. The number of amides is 2. The molecule has 0 radical (unpaired) electrons. The maximum atomic E-state index is 12.7. The number of hydrogen-bond acceptors (Lipinski definition) is 6. The Hall–Kier alpha value is -2.68. The number of piperazine rings is 1. The Morgan fingerprint density at radius 2 is 1.63 bits per heavy atom. The molecule has 3 fully saturated rings. The zero-order chi connectivity index (χ0) is 21.1. The normalized spacial score (nSPS) is 20.5. The van der Waals surface area contributed by atoms with Crippen molar-refractivity contribution < 1.29 is 19.2 Å². The van der Waals surface area contributed by atoms with Gasteiger partial charge in [-0.2, -0.15) is 0 Å². The number of nitro groups is 1. The number of benzene rings is 1. The molecule has 3 aliphatic rings. The minimum Gasteiger partial charge on any atom is -0.378 e. The van der Waals surface area contributed by atoms with Crippen LogP contribution in [0, 0.1) is 16.0 Å². The molecule has 2 aliphatic heterocycles. The van der Waals surface area contributed by atoms with E-state index in [2.05, 4.69) is 0 Å². The Balaban J connectivity index is 1.45. The molecule has 1 aromatic rings. The van der Waals surface area contributed by atoms with E-state index >= 15 is 0 Å². The van der Waals surface area contributed by atoms with Gasteiger partial charge >= 0.3 is 0 Å². The number of morpholine rings is 1. The van der Waals surface area contributed by atoms with Gasteiger partial charge in [-0.05, 0) is 25.0 Å². The van der Waals surface area contributed by atoms with Crippen LogP contribution in [0.25, 0.3) is 0 Å². The van der Waals surface area contributed by atoms with Crippen molar-refractivity contribution in [1.29, 1.82) is 0 Å². The monoisotopic (exact) mass is 416 g/mol. The molecule has 2 amide bonds. The molecule has 2 heterocycles. The van der Waals surface area contributed by atoms with Crippen molar-refractivity contribution in [3.05, 3.63) is 33.9 Å². The van der Waals surface area contributed by atoms with Gasteiger partial charge in [0, 0.05) is 56.8 Å². The molecule has 30 heavy (non-hydrogen) atoms. The van der Waals surface area contributed by atoms with Crippen LogP contribution >= 0.6 is 0 Å². The fraction of sp³-hybridized carbons (Fsp3) is 0.619. The lowest BCUT2D eigenvalue weighted by Crippen LogP contribution is -2.50. The lowest BCUT2D eigenvalue weighted by atomic mass is 10.1. The van der Waals surface area contributed by atoms with E-state index in [1.807, 2.05) is 9.80 Å².